The maximum absolute atomic E-state index is 13.0. The number of benzene rings is 1. The molecule has 0 saturated heterocycles. The molecule has 0 aliphatic heterocycles. The first-order chi connectivity index (χ1) is 13.4. The number of hydrogen-bond acceptors (Lipinski definition) is 4. The van der Waals surface area contributed by atoms with Crippen LogP contribution in [0.2, 0.25) is 5.02 Å². The third-order valence-electron chi connectivity index (χ3n) is 5.27. The molecule has 0 spiro atoms. The molecule has 0 bridgehead atoms. The molecule has 7 heteroatoms. The fourth-order valence-electron chi connectivity index (χ4n) is 3.71. The first kappa shape index (κ1) is 21.2. The van der Waals surface area contributed by atoms with Crippen LogP contribution in [0.3, 0.4) is 0 Å². The highest BCUT2D eigenvalue weighted by atomic mass is 35.5. The first-order valence-corrected chi connectivity index (χ1v) is 11.3. The van der Waals surface area contributed by atoms with Crippen molar-refractivity contribution in [2.24, 2.45) is 5.92 Å². The van der Waals surface area contributed by atoms with Gasteiger partial charge in [-0.25, -0.2) is 4.98 Å². The van der Waals surface area contributed by atoms with Gasteiger partial charge in [0.25, 0.3) is 5.56 Å². The molecule has 28 heavy (non-hydrogen) atoms. The van der Waals surface area contributed by atoms with Crippen LogP contribution < -0.4 is 5.56 Å². The highest BCUT2D eigenvalue weighted by Gasteiger charge is 2.23. The van der Waals surface area contributed by atoms with Crippen molar-refractivity contribution in [1.29, 1.82) is 0 Å². The third kappa shape index (κ3) is 4.90. The molecule has 0 atom stereocenters. The number of nitrogens with zero attached hydrogens (tertiary/aromatic N) is 3. The lowest BCUT2D eigenvalue weighted by Crippen LogP contribution is -2.39. The maximum atomic E-state index is 13.0. The molecule has 1 aliphatic rings. The number of halogens is 1. The summed E-state index contributed by atoms with van der Waals surface area (Å²) in [6.07, 6.45) is 5.81. The topological polar surface area (TPSA) is 55.2 Å². The fraction of sp³-hybridized carbons (Fsp3) is 0.571. The Kier molecular flexibility index (Phi) is 7.05. The standard InChI is InChI=1S/C21H28ClN3O2S/c1-14(2)12-25-20(27)17-10-9-15(22)11-18(17)23-21(25)28-13-19(26)24(3)16-7-5-4-6-8-16/h9-11,14,16H,4-8,12-13H2,1-3H3. The van der Waals surface area contributed by atoms with E-state index in [4.69, 9.17) is 11.6 Å². The zero-order chi connectivity index (χ0) is 20.3. The van der Waals surface area contributed by atoms with Gasteiger partial charge in [0.15, 0.2) is 5.16 Å². The van der Waals surface area contributed by atoms with Gasteiger partial charge in [-0.3, -0.25) is 14.2 Å². The highest BCUT2D eigenvalue weighted by molar-refractivity contribution is 7.99. The average Bonchev–Trinajstić information content (AvgIpc) is 2.68. The monoisotopic (exact) mass is 421 g/mol. The minimum Gasteiger partial charge on any atom is -0.342 e. The molecule has 0 N–H and O–H groups in total. The number of carbonyl (C=O) groups is 1. The van der Waals surface area contributed by atoms with Crippen molar-refractivity contribution in [3.63, 3.8) is 0 Å². The highest BCUT2D eigenvalue weighted by Crippen LogP contribution is 2.24. The number of amides is 1. The molecule has 5 nitrogen and oxygen atoms in total. The van der Waals surface area contributed by atoms with E-state index in [0.29, 0.717) is 39.6 Å². The van der Waals surface area contributed by atoms with Crippen LogP contribution in [0.15, 0.2) is 28.2 Å². The molecule has 0 unspecified atom stereocenters. The van der Waals surface area contributed by atoms with Gasteiger partial charge in [-0.15, -0.1) is 0 Å². The van der Waals surface area contributed by atoms with Crippen LogP contribution in [-0.2, 0) is 11.3 Å². The average molecular weight is 422 g/mol. The van der Waals surface area contributed by atoms with Gasteiger partial charge in [0, 0.05) is 24.7 Å². The third-order valence-corrected chi connectivity index (χ3v) is 6.47. The molecule has 1 heterocycles. The number of rotatable bonds is 6. The molecule has 3 rings (SSSR count). The summed E-state index contributed by atoms with van der Waals surface area (Å²) in [5, 5.41) is 1.68. The molecule has 1 fully saturated rings. The van der Waals surface area contributed by atoms with Crippen molar-refractivity contribution < 1.29 is 4.79 Å². The summed E-state index contributed by atoms with van der Waals surface area (Å²) in [4.78, 5) is 32.3. The lowest BCUT2D eigenvalue weighted by molar-refractivity contribution is -0.129. The molecule has 0 radical (unpaired) electrons. The van der Waals surface area contributed by atoms with Crippen LogP contribution >= 0.6 is 23.4 Å². The van der Waals surface area contributed by atoms with Crippen LogP contribution in [0.1, 0.15) is 46.0 Å². The van der Waals surface area contributed by atoms with Crippen molar-refractivity contribution >= 4 is 40.2 Å². The van der Waals surface area contributed by atoms with Crippen LogP contribution in [0.5, 0.6) is 0 Å². The normalized spacial score (nSPS) is 15.3. The van der Waals surface area contributed by atoms with Gasteiger partial charge >= 0.3 is 0 Å². The molecule has 1 saturated carbocycles. The Morgan fingerprint density at radius 2 is 2.04 bits per heavy atom. The molecule has 1 amide bonds. The zero-order valence-electron chi connectivity index (χ0n) is 16.8. The number of hydrogen-bond donors (Lipinski definition) is 0. The van der Waals surface area contributed by atoms with Gasteiger partial charge in [0.2, 0.25) is 5.91 Å². The SMILES string of the molecule is CC(C)Cn1c(SCC(=O)N(C)C2CCCCC2)nc2cc(Cl)ccc2c1=O. The van der Waals surface area contributed by atoms with Crippen LogP contribution in [0.25, 0.3) is 10.9 Å². The van der Waals surface area contributed by atoms with Crippen LogP contribution in [-0.4, -0.2) is 39.2 Å². The summed E-state index contributed by atoms with van der Waals surface area (Å²) in [5.74, 6) is 0.668. The van der Waals surface area contributed by atoms with Crippen molar-refractivity contribution in [2.45, 2.75) is 63.7 Å². The summed E-state index contributed by atoms with van der Waals surface area (Å²) in [6.45, 7) is 4.70. The number of fused-ring (bicyclic) bond motifs is 1. The van der Waals surface area contributed by atoms with E-state index in [2.05, 4.69) is 18.8 Å². The molecule has 1 aromatic carbocycles. The number of carbonyl (C=O) groups excluding carboxylic acids is 1. The Hall–Kier alpha value is -1.53. The van der Waals surface area contributed by atoms with Gasteiger partial charge in [0.05, 0.1) is 16.7 Å². The predicted molar refractivity (Wildman–Crippen MR) is 116 cm³/mol. The molecule has 152 valence electrons. The van der Waals surface area contributed by atoms with E-state index in [1.807, 2.05) is 11.9 Å². The number of aromatic nitrogens is 2. The second-order valence-electron chi connectivity index (χ2n) is 7.95. The summed E-state index contributed by atoms with van der Waals surface area (Å²) >= 11 is 7.43. The summed E-state index contributed by atoms with van der Waals surface area (Å²) in [7, 11) is 1.90. The van der Waals surface area contributed by atoms with Crippen molar-refractivity contribution in [1.82, 2.24) is 14.5 Å². The van der Waals surface area contributed by atoms with E-state index in [0.717, 1.165) is 12.8 Å². The van der Waals surface area contributed by atoms with Crippen molar-refractivity contribution in [3.05, 3.63) is 33.6 Å². The van der Waals surface area contributed by atoms with E-state index >= 15 is 0 Å². The molecule has 1 aromatic heterocycles. The van der Waals surface area contributed by atoms with E-state index in [1.165, 1.54) is 31.0 Å². The van der Waals surface area contributed by atoms with Crippen LogP contribution in [0.4, 0.5) is 0 Å². The van der Waals surface area contributed by atoms with Gasteiger partial charge < -0.3 is 4.90 Å². The molecular weight excluding hydrogens is 394 g/mol. The summed E-state index contributed by atoms with van der Waals surface area (Å²) in [5.41, 5.74) is 0.499. The lowest BCUT2D eigenvalue weighted by Gasteiger charge is -2.31. The largest absolute Gasteiger partial charge is 0.342 e. The molecular formula is C21H28ClN3O2S. The van der Waals surface area contributed by atoms with Crippen molar-refractivity contribution in [2.75, 3.05) is 12.8 Å². The molecule has 1 aliphatic carbocycles. The predicted octanol–water partition coefficient (Wildman–Crippen LogP) is 4.59. The Bertz CT molecular complexity index is 906. The Morgan fingerprint density at radius 1 is 1.32 bits per heavy atom. The quantitative estimate of drug-likeness (QED) is 0.505. The van der Waals surface area contributed by atoms with E-state index < -0.39 is 0 Å². The molecule has 2 aromatic rings. The second kappa shape index (κ2) is 9.31. The Morgan fingerprint density at radius 3 is 2.71 bits per heavy atom. The Balaban J connectivity index is 1.84. The maximum Gasteiger partial charge on any atom is 0.262 e. The number of thioether (sulfide) groups is 1. The van der Waals surface area contributed by atoms with Gasteiger partial charge in [0.1, 0.15) is 0 Å². The second-order valence-corrected chi connectivity index (χ2v) is 9.33. The van der Waals surface area contributed by atoms with Crippen LogP contribution in [0, 0.1) is 5.92 Å². The van der Waals surface area contributed by atoms with Gasteiger partial charge in [-0.2, -0.15) is 0 Å². The summed E-state index contributed by atoms with van der Waals surface area (Å²) < 4.78 is 1.69. The van der Waals surface area contributed by atoms with E-state index in [1.54, 1.807) is 22.8 Å². The Labute approximate surface area is 175 Å². The van der Waals surface area contributed by atoms with E-state index in [-0.39, 0.29) is 17.2 Å². The zero-order valence-corrected chi connectivity index (χ0v) is 18.4. The first-order valence-electron chi connectivity index (χ1n) is 9.95. The van der Waals surface area contributed by atoms with Gasteiger partial charge in [-0.1, -0.05) is 56.5 Å². The minimum absolute atomic E-state index is 0.0778. The smallest absolute Gasteiger partial charge is 0.262 e. The minimum atomic E-state index is -0.0778. The van der Waals surface area contributed by atoms with E-state index in [9.17, 15) is 9.59 Å². The summed E-state index contributed by atoms with van der Waals surface area (Å²) in [6, 6.07) is 5.48. The fourth-order valence-corrected chi connectivity index (χ4v) is 4.81. The lowest BCUT2D eigenvalue weighted by atomic mass is 9.94. The van der Waals surface area contributed by atoms with Gasteiger partial charge in [-0.05, 0) is 37.0 Å². The van der Waals surface area contributed by atoms with Crippen molar-refractivity contribution in [3.8, 4) is 0 Å².